The molecule has 0 aliphatic carbocycles. The van der Waals surface area contributed by atoms with Gasteiger partial charge in [0, 0.05) is 24.0 Å². The number of sulfonamides is 1. The highest BCUT2D eigenvalue weighted by atomic mass is 35.5. The monoisotopic (exact) mass is 415 g/mol. The minimum atomic E-state index is -3.95. The van der Waals surface area contributed by atoms with Crippen LogP contribution in [0.5, 0.6) is 0 Å². The second kappa shape index (κ2) is 8.86. The Bertz CT molecular complexity index is 1030. The molecule has 0 saturated carbocycles. The molecule has 144 valence electrons. The Hall–Kier alpha value is -2.90. The molecule has 2 aromatic carbocycles. The summed E-state index contributed by atoms with van der Waals surface area (Å²) in [6, 6.07) is 17.9. The van der Waals surface area contributed by atoms with Crippen LogP contribution < -0.4 is 9.62 Å². The van der Waals surface area contributed by atoms with Gasteiger partial charge >= 0.3 is 0 Å². The van der Waals surface area contributed by atoms with Crippen molar-refractivity contribution in [3.63, 3.8) is 0 Å². The molecule has 6 nitrogen and oxygen atoms in total. The number of aromatic nitrogens is 1. The number of amides is 1. The van der Waals surface area contributed by atoms with E-state index in [0.717, 1.165) is 9.87 Å². The maximum Gasteiger partial charge on any atom is 0.264 e. The van der Waals surface area contributed by atoms with Crippen molar-refractivity contribution in [1.82, 2.24) is 10.3 Å². The zero-order chi connectivity index (χ0) is 20.0. The van der Waals surface area contributed by atoms with Gasteiger partial charge in [-0.15, -0.1) is 0 Å². The average molecular weight is 416 g/mol. The normalized spacial score (nSPS) is 11.0. The second-order valence-corrected chi connectivity index (χ2v) is 8.24. The van der Waals surface area contributed by atoms with Crippen molar-refractivity contribution in [3.05, 3.63) is 89.7 Å². The first-order chi connectivity index (χ1) is 13.5. The van der Waals surface area contributed by atoms with Gasteiger partial charge in [0.1, 0.15) is 6.54 Å². The van der Waals surface area contributed by atoms with Crippen molar-refractivity contribution >= 4 is 33.2 Å². The molecule has 1 N–H and O–H groups in total. The third kappa shape index (κ3) is 4.88. The molecule has 1 amide bonds. The molecule has 8 heteroatoms. The molecule has 3 aromatic rings. The van der Waals surface area contributed by atoms with Crippen LogP contribution in [0, 0.1) is 0 Å². The van der Waals surface area contributed by atoms with E-state index >= 15 is 0 Å². The number of anilines is 1. The van der Waals surface area contributed by atoms with Gasteiger partial charge in [0.15, 0.2) is 0 Å². The van der Waals surface area contributed by atoms with Gasteiger partial charge in [-0.1, -0.05) is 35.9 Å². The zero-order valence-corrected chi connectivity index (χ0v) is 16.4. The lowest BCUT2D eigenvalue weighted by Crippen LogP contribution is -2.40. The van der Waals surface area contributed by atoms with E-state index in [0.29, 0.717) is 10.7 Å². The molecule has 1 aromatic heterocycles. The Morgan fingerprint density at radius 2 is 1.71 bits per heavy atom. The van der Waals surface area contributed by atoms with Crippen LogP contribution in [-0.2, 0) is 21.4 Å². The summed E-state index contributed by atoms with van der Waals surface area (Å²) in [5.74, 6) is -0.426. The Kier molecular flexibility index (Phi) is 6.28. The minimum absolute atomic E-state index is 0.0563. The summed E-state index contributed by atoms with van der Waals surface area (Å²) in [7, 11) is -3.95. The quantitative estimate of drug-likeness (QED) is 0.642. The lowest BCUT2D eigenvalue weighted by atomic mass is 10.3. The molecule has 0 atom stereocenters. The number of halogens is 1. The Morgan fingerprint density at radius 1 is 1.00 bits per heavy atom. The summed E-state index contributed by atoms with van der Waals surface area (Å²) in [6.45, 7) is -0.0917. The highest BCUT2D eigenvalue weighted by Crippen LogP contribution is 2.24. The van der Waals surface area contributed by atoms with Gasteiger partial charge in [0.2, 0.25) is 5.91 Å². The van der Waals surface area contributed by atoms with Gasteiger partial charge in [-0.3, -0.25) is 14.1 Å². The van der Waals surface area contributed by atoms with Crippen molar-refractivity contribution in [2.45, 2.75) is 11.4 Å². The summed E-state index contributed by atoms with van der Waals surface area (Å²) >= 11 is 5.86. The van der Waals surface area contributed by atoms with E-state index < -0.39 is 15.9 Å². The summed E-state index contributed by atoms with van der Waals surface area (Å²) in [6.07, 6.45) is 3.28. The lowest BCUT2D eigenvalue weighted by molar-refractivity contribution is -0.119. The van der Waals surface area contributed by atoms with Crippen molar-refractivity contribution < 1.29 is 13.2 Å². The fraction of sp³-hybridized carbons (Fsp3) is 0.100. The number of carbonyl (C=O) groups is 1. The van der Waals surface area contributed by atoms with Gasteiger partial charge in [-0.2, -0.15) is 0 Å². The Morgan fingerprint density at radius 3 is 2.36 bits per heavy atom. The first-order valence-electron chi connectivity index (χ1n) is 8.46. The van der Waals surface area contributed by atoms with E-state index in [1.165, 1.54) is 24.3 Å². The standard InChI is InChI=1S/C20H18ClN3O3S/c21-17-8-10-19(11-9-17)28(26,27)24(18-6-2-1-3-7-18)15-20(25)23-14-16-5-4-12-22-13-16/h1-13H,14-15H2,(H,23,25). The SMILES string of the molecule is O=C(CN(c1ccccc1)S(=O)(=O)c1ccc(Cl)cc1)NCc1cccnc1. The molecule has 0 bridgehead atoms. The van der Waals surface area contributed by atoms with Crippen molar-refractivity contribution in [2.75, 3.05) is 10.8 Å². The topological polar surface area (TPSA) is 79.4 Å². The van der Waals surface area contributed by atoms with Crippen molar-refractivity contribution in [2.24, 2.45) is 0 Å². The number of hydrogen-bond acceptors (Lipinski definition) is 4. The number of pyridine rings is 1. The zero-order valence-electron chi connectivity index (χ0n) is 14.8. The number of benzene rings is 2. The van der Waals surface area contributed by atoms with Crippen LogP contribution >= 0.6 is 11.6 Å². The van der Waals surface area contributed by atoms with Gasteiger partial charge in [-0.05, 0) is 48.0 Å². The molecule has 1 heterocycles. The Labute approximate surface area is 168 Å². The maximum atomic E-state index is 13.1. The van der Waals surface area contributed by atoms with Crippen LogP contribution in [0.3, 0.4) is 0 Å². The molecule has 0 saturated heterocycles. The fourth-order valence-electron chi connectivity index (χ4n) is 2.53. The largest absolute Gasteiger partial charge is 0.350 e. The molecule has 0 spiro atoms. The number of nitrogens with zero attached hydrogens (tertiary/aromatic N) is 2. The molecule has 0 aliphatic rings. The third-order valence-electron chi connectivity index (χ3n) is 3.95. The van der Waals surface area contributed by atoms with E-state index in [1.807, 2.05) is 6.07 Å². The molecular formula is C20H18ClN3O3S. The summed E-state index contributed by atoms with van der Waals surface area (Å²) in [5.41, 5.74) is 1.22. The van der Waals surface area contributed by atoms with Crippen LogP contribution in [-0.4, -0.2) is 25.9 Å². The summed E-state index contributed by atoms with van der Waals surface area (Å²) in [5, 5.41) is 3.16. The number of nitrogens with one attached hydrogen (secondary N) is 1. The predicted molar refractivity (Wildman–Crippen MR) is 109 cm³/mol. The molecule has 0 fully saturated rings. The third-order valence-corrected chi connectivity index (χ3v) is 5.99. The maximum absolute atomic E-state index is 13.1. The minimum Gasteiger partial charge on any atom is -0.350 e. The second-order valence-electron chi connectivity index (χ2n) is 5.94. The van der Waals surface area contributed by atoms with Crippen molar-refractivity contribution in [1.29, 1.82) is 0 Å². The lowest BCUT2D eigenvalue weighted by Gasteiger charge is -2.24. The molecule has 0 radical (unpaired) electrons. The van der Waals surface area contributed by atoms with E-state index in [-0.39, 0.29) is 18.0 Å². The van der Waals surface area contributed by atoms with E-state index in [4.69, 9.17) is 11.6 Å². The molecule has 28 heavy (non-hydrogen) atoms. The van der Waals surface area contributed by atoms with Crippen LogP contribution in [0.1, 0.15) is 5.56 Å². The first-order valence-corrected chi connectivity index (χ1v) is 10.3. The summed E-state index contributed by atoms with van der Waals surface area (Å²) in [4.78, 5) is 16.5. The highest BCUT2D eigenvalue weighted by Gasteiger charge is 2.27. The van der Waals surface area contributed by atoms with Crippen LogP contribution in [0.15, 0.2) is 84.0 Å². The van der Waals surface area contributed by atoms with Gasteiger partial charge in [0.25, 0.3) is 10.0 Å². The summed E-state index contributed by atoms with van der Waals surface area (Å²) < 4.78 is 27.4. The molecule has 0 unspecified atom stereocenters. The van der Waals surface area contributed by atoms with Gasteiger partial charge in [0.05, 0.1) is 10.6 Å². The Balaban J connectivity index is 1.83. The van der Waals surface area contributed by atoms with Gasteiger partial charge < -0.3 is 5.32 Å². The number of carbonyl (C=O) groups excluding carboxylic acids is 1. The molecular weight excluding hydrogens is 398 g/mol. The van der Waals surface area contributed by atoms with E-state index in [2.05, 4.69) is 10.3 Å². The first kappa shape index (κ1) is 19.9. The highest BCUT2D eigenvalue weighted by molar-refractivity contribution is 7.92. The van der Waals surface area contributed by atoms with E-state index in [1.54, 1.807) is 48.8 Å². The molecule has 3 rings (SSSR count). The van der Waals surface area contributed by atoms with Crippen LogP contribution in [0.25, 0.3) is 0 Å². The average Bonchev–Trinajstić information content (AvgIpc) is 2.72. The van der Waals surface area contributed by atoms with Gasteiger partial charge in [-0.25, -0.2) is 8.42 Å². The molecule has 0 aliphatic heterocycles. The number of rotatable bonds is 7. The van der Waals surface area contributed by atoms with Crippen molar-refractivity contribution in [3.8, 4) is 0 Å². The predicted octanol–water partition coefficient (Wildman–Crippen LogP) is 3.25. The van der Waals surface area contributed by atoms with Crippen LogP contribution in [0.2, 0.25) is 5.02 Å². The number of para-hydroxylation sites is 1. The fourth-order valence-corrected chi connectivity index (χ4v) is 4.08. The number of hydrogen-bond donors (Lipinski definition) is 1. The van der Waals surface area contributed by atoms with Crippen LogP contribution in [0.4, 0.5) is 5.69 Å². The van der Waals surface area contributed by atoms with E-state index in [9.17, 15) is 13.2 Å². The smallest absolute Gasteiger partial charge is 0.264 e.